The minimum absolute atomic E-state index is 0.0130. The number of esters is 1. The third kappa shape index (κ3) is 4.85. The van der Waals surface area contributed by atoms with Crippen molar-refractivity contribution in [2.24, 2.45) is 0 Å². The minimum atomic E-state index is -3.12. The number of carbonyl (C=O) groups is 2. The first kappa shape index (κ1) is 22.4. The van der Waals surface area contributed by atoms with Crippen molar-refractivity contribution in [3.05, 3.63) is 41.3 Å². The molecule has 32 heavy (non-hydrogen) atoms. The molecule has 0 radical (unpaired) electrons. The Labute approximate surface area is 187 Å². The molecular weight excluding hydrogens is 432 g/mol. The number of pyridine rings is 1. The van der Waals surface area contributed by atoms with E-state index in [9.17, 15) is 18.0 Å². The van der Waals surface area contributed by atoms with Crippen LogP contribution in [0.25, 0.3) is 5.82 Å². The number of carbonyl (C=O) groups excluding carboxylic acids is 2. The van der Waals surface area contributed by atoms with E-state index in [1.54, 1.807) is 21.7 Å². The van der Waals surface area contributed by atoms with Gasteiger partial charge >= 0.3 is 5.97 Å². The Bertz CT molecular complexity index is 1100. The number of ether oxygens (including phenoxy) is 1. The summed E-state index contributed by atoms with van der Waals surface area (Å²) >= 11 is 0. The van der Waals surface area contributed by atoms with Gasteiger partial charge in [0.2, 0.25) is 0 Å². The predicted molar refractivity (Wildman–Crippen MR) is 117 cm³/mol. The van der Waals surface area contributed by atoms with Crippen molar-refractivity contribution in [3.63, 3.8) is 0 Å². The van der Waals surface area contributed by atoms with E-state index in [1.165, 1.54) is 6.20 Å². The molecule has 1 aliphatic carbocycles. The Morgan fingerprint density at radius 2 is 1.91 bits per heavy atom. The number of hydrogen-bond donors (Lipinski definition) is 0. The van der Waals surface area contributed by atoms with E-state index < -0.39 is 22.4 Å². The maximum absolute atomic E-state index is 13.0. The molecule has 2 aromatic rings. The zero-order valence-electron chi connectivity index (χ0n) is 18.4. The van der Waals surface area contributed by atoms with Crippen molar-refractivity contribution in [2.45, 2.75) is 58.0 Å². The van der Waals surface area contributed by atoms with Crippen molar-refractivity contribution in [1.29, 1.82) is 0 Å². The predicted octanol–water partition coefficient (Wildman–Crippen LogP) is 2.00. The minimum Gasteiger partial charge on any atom is -0.452 e. The second kappa shape index (κ2) is 9.01. The molecule has 2 aromatic heterocycles. The summed E-state index contributed by atoms with van der Waals surface area (Å²) in [5.41, 5.74) is 2.03. The maximum atomic E-state index is 13.0. The fraction of sp³-hybridized carbons (Fsp3) is 0.545. The van der Waals surface area contributed by atoms with Gasteiger partial charge in [0.1, 0.15) is 0 Å². The zero-order chi connectivity index (χ0) is 22.9. The molecule has 0 aromatic carbocycles. The van der Waals surface area contributed by atoms with Crippen LogP contribution in [0.15, 0.2) is 24.4 Å². The molecule has 0 bridgehead atoms. The Balaban J connectivity index is 1.40. The van der Waals surface area contributed by atoms with Crippen LogP contribution in [0.2, 0.25) is 0 Å². The summed E-state index contributed by atoms with van der Waals surface area (Å²) in [4.78, 5) is 31.4. The highest BCUT2D eigenvalue weighted by atomic mass is 32.2. The lowest BCUT2D eigenvalue weighted by Crippen LogP contribution is -2.48. The second-order valence-corrected chi connectivity index (χ2v) is 10.8. The van der Waals surface area contributed by atoms with Gasteiger partial charge in [-0.3, -0.25) is 4.79 Å². The van der Waals surface area contributed by atoms with Crippen LogP contribution < -0.4 is 0 Å². The van der Waals surface area contributed by atoms with Crippen LogP contribution in [-0.4, -0.2) is 70.2 Å². The van der Waals surface area contributed by atoms with E-state index in [0.717, 1.165) is 37.1 Å². The Morgan fingerprint density at radius 3 is 2.47 bits per heavy atom. The highest BCUT2D eigenvalue weighted by molar-refractivity contribution is 7.91. The van der Waals surface area contributed by atoms with Crippen LogP contribution in [0.5, 0.6) is 0 Å². The Kier molecular flexibility index (Phi) is 6.32. The molecule has 0 spiro atoms. The summed E-state index contributed by atoms with van der Waals surface area (Å²) in [6, 6.07) is 4.87. The normalized spacial score (nSPS) is 20.4. The van der Waals surface area contributed by atoms with Crippen LogP contribution in [0.4, 0.5) is 0 Å². The van der Waals surface area contributed by atoms with E-state index in [4.69, 9.17) is 4.74 Å². The first-order valence-corrected chi connectivity index (χ1v) is 12.7. The molecule has 9 nitrogen and oxygen atoms in total. The topological polar surface area (TPSA) is 111 Å². The lowest BCUT2D eigenvalue weighted by molar-refractivity contribution is -0.139. The fourth-order valence-corrected chi connectivity index (χ4v) is 6.37. The van der Waals surface area contributed by atoms with Gasteiger partial charge in [-0.25, -0.2) is 22.9 Å². The molecule has 1 unspecified atom stereocenters. The molecule has 3 heterocycles. The molecule has 1 atom stereocenters. The van der Waals surface area contributed by atoms with Gasteiger partial charge in [0, 0.05) is 24.0 Å². The van der Waals surface area contributed by atoms with Crippen LogP contribution in [0, 0.1) is 13.8 Å². The van der Waals surface area contributed by atoms with E-state index in [1.807, 2.05) is 19.9 Å². The van der Waals surface area contributed by atoms with Gasteiger partial charge in [-0.1, -0.05) is 12.8 Å². The van der Waals surface area contributed by atoms with Crippen molar-refractivity contribution < 1.29 is 22.7 Å². The number of rotatable bonds is 6. The summed E-state index contributed by atoms with van der Waals surface area (Å²) in [7, 11) is -3.12. The highest BCUT2D eigenvalue weighted by Crippen LogP contribution is 2.29. The number of amides is 1. The van der Waals surface area contributed by atoms with Crippen molar-refractivity contribution in [2.75, 3.05) is 18.1 Å². The molecule has 10 heteroatoms. The smallest absolute Gasteiger partial charge is 0.340 e. The summed E-state index contributed by atoms with van der Waals surface area (Å²) in [5, 5.41) is 4.36. The largest absolute Gasteiger partial charge is 0.452 e. The summed E-state index contributed by atoms with van der Waals surface area (Å²) < 4.78 is 30.9. The van der Waals surface area contributed by atoms with E-state index in [2.05, 4.69) is 10.1 Å². The van der Waals surface area contributed by atoms with Gasteiger partial charge in [0.25, 0.3) is 5.91 Å². The van der Waals surface area contributed by atoms with Crippen LogP contribution in [0.3, 0.4) is 0 Å². The van der Waals surface area contributed by atoms with Crippen LogP contribution in [-0.2, 0) is 19.4 Å². The molecule has 172 valence electrons. The average Bonchev–Trinajstić information content (AvgIpc) is 3.47. The molecule has 4 rings (SSSR count). The monoisotopic (exact) mass is 460 g/mol. The average molecular weight is 461 g/mol. The molecule has 1 aliphatic heterocycles. The van der Waals surface area contributed by atoms with E-state index in [0.29, 0.717) is 12.2 Å². The third-order valence-corrected chi connectivity index (χ3v) is 7.90. The molecule has 1 saturated carbocycles. The number of aryl methyl sites for hydroxylation is 2. The number of sulfone groups is 1. The SMILES string of the molecule is Cc1cc(C)n(-c2ccc(C(=O)OCC(=O)N(C3CCCC3)C3CCS(=O)(=O)C3)cn2)n1. The maximum Gasteiger partial charge on any atom is 0.340 e. The first-order valence-electron chi connectivity index (χ1n) is 10.9. The summed E-state index contributed by atoms with van der Waals surface area (Å²) in [6.07, 6.45) is 5.58. The Hall–Kier alpha value is -2.75. The van der Waals surface area contributed by atoms with Crippen molar-refractivity contribution >= 4 is 21.7 Å². The van der Waals surface area contributed by atoms with Crippen molar-refractivity contribution in [3.8, 4) is 5.82 Å². The van der Waals surface area contributed by atoms with Crippen molar-refractivity contribution in [1.82, 2.24) is 19.7 Å². The number of hydrogen-bond acceptors (Lipinski definition) is 7. The molecule has 2 fully saturated rings. The van der Waals surface area contributed by atoms with Gasteiger partial charge < -0.3 is 9.64 Å². The summed E-state index contributed by atoms with van der Waals surface area (Å²) in [5.74, 6) is -0.309. The number of nitrogens with zero attached hydrogens (tertiary/aromatic N) is 4. The summed E-state index contributed by atoms with van der Waals surface area (Å²) in [6.45, 7) is 3.40. The third-order valence-electron chi connectivity index (χ3n) is 6.14. The van der Waals surface area contributed by atoms with Gasteiger partial charge in [-0.2, -0.15) is 5.10 Å². The van der Waals surface area contributed by atoms with Crippen LogP contribution in [0.1, 0.15) is 53.8 Å². The van der Waals surface area contributed by atoms with Crippen LogP contribution >= 0.6 is 0 Å². The quantitative estimate of drug-likeness (QED) is 0.606. The Morgan fingerprint density at radius 1 is 1.16 bits per heavy atom. The molecular formula is C22H28N4O5S. The molecule has 2 aliphatic rings. The van der Waals surface area contributed by atoms with Gasteiger partial charge in [0.05, 0.1) is 22.8 Å². The van der Waals surface area contributed by atoms with E-state index >= 15 is 0 Å². The molecule has 0 N–H and O–H groups in total. The second-order valence-electron chi connectivity index (χ2n) is 8.62. The first-order chi connectivity index (χ1) is 15.2. The lowest BCUT2D eigenvalue weighted by Gasteiger charge is -2.33. The lowest BCUT2D eigenvalue weighted by atomic mass is 10.1. The van der Waals surface area contributed by atoms with Gasteiger partial charge in [-0.15, -0.1) is 0 Å². The van der Waals surface area contributed by atoms with Gasteiger partial charge in [-0.05, 0) is 51.3 Å². The fourth-order valence-electron chi connectivity index (χ4n) is 4.66. The highest BCUT2D eigenvalue weighted by Gasteiger charge is 2.39. The zero-order valence-corrected chi connectivity index (χ0v) is 19.2. The van der Waals surface area contributed by atoms with E-state index in [-0.39, 0.29) is 35.1 Å². The molecule has 1 saturated heterocycles. The van der Waals surface area contributed by atoms with Gasteiger partial charge in [0.15, 0.2) is 22.3 Å². The number of aromatic nitrogens is 3. The molecule has 1 amide bonds. The standard InChI is InChI=1S/C22H28N4O5S/c1-15-11-16(2)26(24-15)20-8-7-17(12-23-20)22(28)31-13-21(27)25(18-5-3-4-6-18)19-9-10-32(29,30)14-19/h7-8,11-12,18-19H,3-6,9-10,13-14H2,1-2H3.